The number of para-hydroxylation sites is 1. The number of piperidine rings is 1. The molecule has 2 aliphatic rings. The molecule has 8 heteroatoms. The van der Waals surface area contributed by atoms with E-state index in [1.807, 2.05) is 30.3 Å². The van der Waals surface area contributed by atoms with Gasteiger partial charge in [0.15, 0.2) is 0 Å². The number of ether oxygens (including phenoxy) is 1. The van der Waals surface area contributed by atoms with E-state index in [9.17, 15) is 9.59 Å². The molecule has 2 fully saturated rings. The van der Waals surface area contributed by atoms with E-state index in [1.54, 1.807) is 31.4 Å². The Bertz CT molecular complexity index is 1140. The number of urea groups is 1. The zero-order valence-corrected chi connectivity index (χ0v) is 19.0. The van der Waals surface area contributed by atoms with E-state index in [0.29, 0.717) is 23.9 Å². The molecule has 3 heterocycles. The molecule has 7 nitrogen and oxygen atoms in total. The van der Waals surface area contributed by atoms with Crippen LogP contribution in [-0.2, 0) is 10.3 Å². The van der Waals surface area contributed by atoms with Crippen LogP contribution in [0.25, 0.3) is 10.2 Å². The maximum Gasteiger partial charge on any atom is 0.326 e. The molecule has 166 valence electrons. The van der Waals surface area contributed by atoms with Gasteiger partial charge >= 0.3 is 6.03 Å². The van der Waals surface area contributed by atoms with E-state index < -0.39 is 5.54 Å². The van der Waals surface area contributed by atoms with E-state index in [1.165, 1.54) is 14.6 Å². The first-order valence-electron chi connectivity index (χ1n) is 10.8. The van der Waals surface area contributed by atoms with Crippen LogP contribution >= 0.6 is 11.3 Å². The maximum atomic E-state index is 13.3. The Morgan fingerprint density at radius 2 is 1.94 bits per heavy atom. The van der Waals surface area contributed by atoms with Gasteiger partial charge in [-0.1, -0.05) is 24.3 Å². The molecule has 3 amide bonds. The van der Waals surface area contributed by atoms with Crippen LogP contribution in [0.2, 0.25) is 0 Å². The Labute approximate surface area is 191 Å². The minimum atomic E-state index is -1.09. The molecule has 1 N–H and O–H groups in total. The van der Waals surface area contributed by atoms with E-state index in [0.717, 1.165) is 31.4 Å². The molecule has 5 rings (SSSR count). The van der Waals surface area contributed by atoms with Gasteiger partial charge in [0.2, 0.25) is 0 Å². The fourth-order valence-corrected chi connectivity index (χ4v) is 5.68. The highest BCUT2D eigenvalue weighted by Crippen LogP contribution is 2.35. The van der Waals surface area contributed by atoms with E-state index in [-0.39, 0.29) is 11.9 Å². The molecule has 1 atom stereocenters. The molecular weight excluding hydrogens is 424 g/mol. The summed E-state index contributed by atoms with van der Waals surface area (Å²) in [5, 5.41) is 4.07. The minimum absolute atomic E-state index is 0.232. The molecule has 32 heavy (non-hydrogen) atoms. The zero-order valence-electron chi connectivity index (χ0n) is 18.2. The molecule has 3 aromatic rings. The van der Waals surface area contributed by atoms with Crippen LogP contribution in [0.3, 0.4) is 0 Å². The number of likely N-dealkylation sites (tertiary alicyclic amines) is 1. The molecule has 2 aromatic carbocycles. The molecule has 2 aliphatic heterocycles. The number of thiazole rings is 1. The Kier molecular flexibility index (Phi) is 5.35. The van der Waals surface area contributed by atoms with Crippen LogP contribution in [0.5, 0.6) is 5.75 Å². The largest absolute Gasteiger partial charge is 0.497 e. The highest BCUT2D eigenvalue weighted by atomic mass is 32.1. The summed E-state index contributed by atoms with van der Waals surface area (Å²) in [5.41, 5.74) is 0.684. The second-order valence-electron chi connectivity index (χ2n) is 8.57. The van der Waals surface area contributed by atoms with Crippen LogP contribution in [0.4, 0.5) is 4.79 Å². The van der Waals surface area contributed by atoms with Gasteiger partial charge in [0, 0.05) is 19.0 Å². The van der Waals surface area contributed by atoms with Gasteiger partial charge in [-0.05, 0) is 49.6 Å². The Morgan fingerprint density at radius 1 is 1.16 bits per heavy atom. The SMILES string of the molecule is COc1cccc([C@]2(C)NC(=O)N(CN3CCC(c4nc5ccccc5s4)CC3)C2=O)c1. The van der Waals surface area contributed by atoms with E-state index >= 15 is 0 Å². The van der Waals surface area contributed by atoms with Crippen molar-refractivity contribution in [2.45, 2.75) is 31.2 Å². The number of nitrogens with zero attached hydrogens (tertiary/aromatic N) is 3. The number of rotatable bonds is 5. The summed E-state index contributed by atoms with van der Waals surface area (Å²) in [6.07, 6.45) is 1.94. The van der Waals surface area contributed by atoms with Gasteiger partial charge in [0.05, 0.1) is 29.0 Å². The lowest BCUT2D eigenvalue weighted by atomic mass is 9.92. The van der Waals surface area contributed by atoms with Crippen LogP contribution in [0.15, 0.2) is 48.5 Å². The molecule has 0 saturated carbocycles. The fraction of sp³-hybridized carbons (Fsp3) is 0.375. The molecule has 1 aromatic heterocycles. The molecular formula is C24H26N4O3S. The normalized spacial score (nSPS) is 22.5. The fourth-order valence-electron chi connectivity index (χ4n) is 4.54. The van der Waals surface area contributed by atoms with Crippen molar-refractivity contribution < 1.29 is 14.3 Å². The number of methoxy groups -OCH3 is 1. The standard InChI is InChI=1S/C24H26N4O3S/c1-24(17-6-5-7-18(14-17)31-2)22(29)28(23(30)26-24)15-27-12-10-16(11-13-27)21-25-19-8-3-4-9-20(19)32-21/h3-9,14,16H,10-13,15H2,1-2H3,(H,26,30)/t24-/m0/s1. The van der Waals surface area contributed by atoms with E-state index in [4.69, 9.17) is 9.72 Å². The predicted octanol–water partition coefficient (Wildman–Crippen LogP) is 3.91. The molecule has 2 saturated heterocycles. The van der Waals surface area contributed by atoms with Gasteiger partial charge < -0.3 is 10.1 Å². The topological polar surface area (TPSA) is 74.8 Å². The van der Waals surface area contributed by atoms with Gasteiger partial charge in [-0.15, -0.1) is 11.3 Å². The van der Waals surface area contributed by atoms with Gasteiger partial charge in [-0.25, -0.2) is 14.7 Å². The summed E-state index contributed by atoms with van der Waals surface area (Å²) in [4.78, 5) is 34.3. The molecule has 0 spiro atoms. The van der Waals surface area contributed by atoms with Crippen molar-refractivity contribution in [3.63, 3.8) is 0 Å². The van der Waals surface area contributed by atoms with Crippen molar-refractivity contribution in [3.8, 4) is 5.75 Å². The average Bonchev–Trinajstić information content (AvgIpc) is 3.35. The van der Waals surface area contributed by atoms with Gasteiger partial charge in [-0.3, -0.25) is 9.69 Å². The smallest absolute Gasteiger partial charge is 0.326 e. The first-order valence-corrected chi connectivity index (χ1v) is 11.7. The summed E-state index contributed by atoms with van der Waals surface area (Å²) in [7, 11) is 1.58. The van der Waals surface area contributed by atoms with Crippen LogP contribution in [0, 0.1) is 0 Å². The number of aromatic nitrogens is 1. The van der Waals surface area contributed by atoms with E-state index in [2.05, 4.69) is 22.3 Å². The van der Waals surface area contributed by atoms with Crippen molar-refractivity contribution in [1.29, 1.82) is 0 Å². The minimum Gasteiger partial charge on any atom is -0.497 e. The Morgan fingerprint density at radius 3 is 2.69 bits per heavy atom. The molecule has 0 aliphatic carbocycles. The first kappa shape index (κ1) is 20.9. The number of carbonyl (C=O) groups is 2. The van der Waals surface area contributed by atoms with Crippen molar-refractivity contribution in [2.75, 3.05) is 26.9 Å². The van der Waals surface area contributed by atoms with Crippen LogP contribution in [-0.4, -0.2) is 53.6 Å². The van der Waals surface area contributed by atoms with Crippen LogP contribution < -0.4 is 10.1 Å². The number of fused-ring (bicyclic) bond motifs is 1. The second-order valence-corrected chi connectivity index (χ2v) is 9.64. The van der Waals surface area contributed by atoms with Crippen LogP contribution in [0.1, 0.15) is 36.3 Å². The lowest BCUT2D eigenvalue weighted by Crippen LogP contribution is -2.46. The number of nitrogens with one attached hydrogen (secondary N) is 1. The van der Waals surface area contributed by atoms with Crippen molar-refractivity contribution in [1.82, 2.24) is 20.1 Å². The quantitative estimate of drug-likeness (QED) is 0.597. The summed E-state index contributed by atoms with van der Waals surface area (Å²) in [6.45, 7) is 3.71. The zero-order chi connectivity index (χ0) is 22.3. The Hall–Kier alpha value is -2.97. The number of imide groups is 1. The second kappa shape index (κ2) is 8.18. The number of hydrogen-bond acceptors (Lipinski definition) is 6. The third-order valence-corrected chi connectivity index (χ3v) is 7.71. The predicted molar refractivity (Wildman–Crippen MR) is 124 cm³/mol. The lowest BCUT2D eigenvalue weighted by Gasteiger charge is -2.33. The monoisotopic (exact) mass is 450 g/mol. The summed E-state index contributed by atoms with van der Waals surface area (Å²) < 4.78 is 6.51. The number of amides is 3. The highest BCUT2D eigenvalue weighted by Gasteiger charge is 2.49. The summed E-state index contributed by atoms with van der Waals surface area (Å²) in [6, 6.07) is 15.2. The molecule has 0 bridgehead atoms. The van der Waals surface area contributed by atoms with Gasteiger partial charge in [0.1, 0.15) is 11.3 Å². The third-order valence-electron chi connectivity index (χ3n) is 6.51. The lowest BCUT2D eigenvalue weighted by molar-refractivity contribution is -0.132. The van der Waals surface area contributed by atoms with Gasteiger partial charge in [0.25, 0.3) is 5.91 Å². The van der Waals surface area contributed by atoms with Crippen molar-refractivity contribution >= 4 is 33.5 Å². The van der Waals surface area contributed by atoms with Gasteiger partial charge in [-0.2, -0.15) is 0 Å². The summed E-state index contributed by atoms with van der Waals surface area (Å²) in [5.74, 6) is 0.846. The average molecular weight is 451 g/mol. The Balaban J connectivity index is 1.25. The first-order chi connectivity index (χ1) is 15.5. The molecule has 0 unspecified atom stereocenters. The number of carbonyl (C=O) groups excluding carboxylic acids is 2. The highest BCUT2D eigenvalue weighted by molar-refractivity contribution is 7.18. The maximum absolute atomic E-state index is 13.3. The van der Waals surface area contributed by atoms with Crippen molar-refractivity contribution in [2.24, 2.45) is 0 Å². The molecule has 0 radical (unpaired) electrons. The summed E-state index contributed by atoms with van der Waals surface area (Å²) >= 11 is 1.77. The number of hydrogen-bond donors (Lipinski definition) is 1. The van der Waals surface area contributed by atoms with Crippen molar-refractivity contribution in [3.05, 3.63) is 59.1 Å². The third kappa shape index (κ3) is 3.63. The number of benzene rings is 2.